The Morgan fingerprint density at radius 2 is 1.55 bits per heavy atom. The third-order valence-corrected chi connectivity index (χ3v) is 6.60. The number of Topliss-reactive ketones (excluding diaryl/α,β-unsaturated/α-hetero) is 1. The molecule has 33 heavy (non-hydrogen) atoms. The van der Waals surface area contributed by atoms with E-state index in [1.807, 2.05) is 48.5 Å². The maximum absolute atomic E-state index is 13.5. The fourth-order valence-corrected chi connectivity index (χ4v) is 4.84. The molecule has 0 amide bonds. The Bertz CT molecular complexity index is 1260. The highest BCUT2D eigenvalue weighted by Crippen LogP contribution is 2.46. The number of ether oxygens (including phenoxy) is 1. The molecule has 0 fully saturated rings. The molecular formula is C29H30N2O2. The van der Waals surface area contributed by atoms with E-state index in [1.54, 1.807) is 0 Å². The zero-order chi connectivity index (χ0) is 23.2. The van der Waals surface area contributed by atoms with Gasteiger partial charge in [-0.05, 0) is 78.8 Å². The number of allylic oxidation sites excluding steroid dienone is 1. The van der Waals surface area contributed by atoms with Gasteiger partial charge in [-0.3, -0.25) is 4.79 Å². The van der Waals surface area contributed by atoms with Gasteiger partial charge in [-0.1, -0.05) is 44.2 Å². The van der Waals surface area contributed by atoms with Crippen molar-refractivity contribution in [2.75, 3.05) is 10.6 Å². The lowest BCUT2D eigenvalue weighted by atomic mass is 9.73. The molecule has 0 radical (unpaired) electrons. The van der Waals surface area contributed by atoms with Gasteiger partial charge >= 0.3 is 0 Å². The first kappa shape index (κ1) is 21.3. The summed E-state index contributed by atoms with van der Waals surface area (Å²) in [4.78, 5) is 13.5. The Morgan fingerprint density at radius 1 is 0.848 bits per heavy atom. The predicted octanol–water partition coefficient (Wildman–Crippen LogP) is 7.32. The van der Waals surface area contributed by atoms with Crippen LogP contribution in [0.25, 0.3) is 0 Å². The molecule has 0 saturated carbocycles. The van der Waals surface area contributed by atoms with Crippen molar-refractivity contribution in [3.05, 3.63) is 94.7 Å². The topological polar surface area (TPSA) is 50.4 Å². The van der Waals surface area contributed by atoms with Gasteiger partial charge in [0.05, 0.1) is 17.4 Å². The molecule has 0 aromatic heterocycles. The van der Waals surface area contributed by atoms with Gasteiger partial charge in [-0.2, -0.15) is 0 Å². The number of carbonyl (C=O) groups excluding carboxylic acids is 1. The number of benzene rings is 3. The van der Waals surface area contributed by atoms with E-state index < -0.39 is 0 Å². The van der Waals surface area contributed by atoms with E-state index in [0.717, 1.165) is 46.1 Å². The third-order valence-electron chi connectivity index (χ3n) is 6.60. The van der Waals surface area contributed by atoms with Gasteiger partial charge in [0.25, 0.3) is 0 Å². The second kappa shape index (κ2) is 8.11. The van der Waals surface area contributed by atoms with Crippen molar-refractivity contribution in [3.8, 4) is 11.5 Å². The van der Waals surface area contributed by atoms with E-state index in [0.29, 0.717) is 6.42 Å². The molecule has 0 saturated heterocycles. The van der Waals surface area contributed by atoms with Crippen LogP contribution in [0.5, 0.6) is 11.5 Å². The van der Waals surface area contributed by atoms with Crippen LogP contribution in [0.3, 0.4) is 0 Å². The van der Waals surface area contributed by atoms with Crippen LogP contribution in [0.15, 0.2) is 78.0 Å². The molecule has 1 aliphatic heterocycles. The summed E-state index contributed by atoms with van der Waals surface area (Å²) in [6.45, 7) is 8.57. The summed E-state index contributed by atoms with van der Waals surface area (Å²) in [5.74, 6) is 1.74. The average molecular weight is 439 g/mol. The van der Waals surface area contributed by atoms with Gasteiger partial charge in [0, 0.05) is 17.7 Å². The number of para-hydroxylation sites is 1. The number of hydrogen-bond donors (Lipinski definition) is 2. The van der Waals surface area contributed by atoms with Crippen molar-refractivity contribution in [1.82, 2.24) is 0 Å². The number of fused-ring (bicyclic) bond motifs is 1. The monoisotopic (exact) mass is 438 g/mol. The first-order valence-electron chi connectivity index (χ1n) is 11.5. The lowest BCUT2D eigenvalue weighted by Crippen LogP contribution is -2.31. The first-order valence-corrected chi connectivity index (χ1v) is 11.5. The molecule has 1 aliphatic carbocycles. The van der Waals surface area contributed by atoms with Gasteiger partial charge in [-0.25, -0.2) is 0 Å². The normalized spacial score (nSPS) is 19.0. The molecular weight excluding hydrogens is 408 g/mol. The van der Waals surface area contributed by atoms with Gasteiger partial charge in [0.2, 0.25) is 0 Å². The van der Waals surface area contributed by atoms with Crippen LogP contribution in [-0.4, -0.2) is 5.78 Å². The summed E-state index contributed by atoms with van der Waals surface area (Å²) >= 11 is 0. The number of anilines is 2. The first-order chi connectivity index (χ1) is 15.8. The van der Waals surface area contributed by atoms with Crippen LogP contribution in [0.2, 0.25) is 0 Å². The van der Waals surface area contributed by atoms with Crippen molar-refractivity contribution in [1.29, 1.82) is 0 Å². The second-order valence-corrected chi connectivity index (χ2v) is 10.0. The molecule has 3 aromatic rings. The van der Waals surface area contributed by atoms with E-state index in [-0.39, 0.29) is 17.2 Å². The van der Waals surface area contributed by atoms with Crippen LogP contribution in [-0.2, 0) is 4.79 Å². The Balaban J connectivity index is 1.60. The summed E-state index contributed by atoms with van der Waals surface area (Å²) in [5, 5.41) is 7.33. The maximum atomic E-state index is 13.5. The SMILES string of the molecule is Cc1cc2c(cc1C)N[C@@H](c1cccc(Oc3ccccc3)c1)C1=C(CC(C)(C)CC1=O)N2. The number of rotatable bonds is 3. The highest BCUT2D eigenvalue weighted by Gasteiger charge is 2.38. The van der Waals surface area contributed by atoms with E-state index in [2.05, 4.69) is 56.5 Å². The average Bonchev–Trinajstić information content (AvgIpc) is 2.91. The largest absolute Gasteiger partial charge is 0.457 e. The van der Waals surface area contributed by atoms with Crippen molar-refractivity contribution < 1.29 is 9.53 Å². The molecule has 4 heteroatoms. The minimum atomic E-state index is -0.251. The van der Waals surface area contributed by atoms with Gasteiger partial charge < -0.3 is 15.4 Å². The number of carbonyl (C=O) groups is 1. The maximum Gasteiger partial charge on any atom is 0.163 e. The molecule has 168 valence electrons. The van der Waals surface area contributed by atoms with Crippen LogP contribution in [0.1, 0.15) is 49.4 Å². The Labute approximate surface area is 195 Å². The highest BCUT2D eigenvalue weighted by atomic mass is 16.5. The Morgan fingerprint density at radius 3 is 2.30 bits per heavy atom. The zero-order valence-corrected chi connectivity index (χ0v) is 19.7. The van der Waals surface area contributed by atoms with Gasteiger partial charge in [-0.15, -0.1) is 0 Å². The summed E-state index contributed by atoms with van der Waals surface area (Å²) in [7, 11) is 0. The molecule has 2 N–H and O–H groups in total. The number of aryl methyl sites for hydroxylation is 2. The predicted molar refractivity (Wildman–Crippen MR) is 134 cm³/mol. The molecule has 5 rings (SSSR count). The highest BCUT2D eigenvalue weighted by molar-refractivity contribution is 6.01. The third kappa shape index (κ3) is 4.25. The lowest BCUT2D eigenvalue weighted by Gasteiger charge is -2.34. The van der Waals surface area contributed by atoms with Gasteiger partial charge in [0.15, 0.2) is 5.78 Å². The van der Waals surface area contributed by atoms with Crippen LogP contribution >= 0.6 is 0 Å². The van der Waals surface area contributed by atoms with Crippen molar-refractivity contribution >= 4 is 17.2 Å². The van der Waals surface area contributed by atoms with Gasteiger partial charge in [0.1, 0.15) is 11.5 Å². The van der Waals surface area contributed by atoms with E-state index in [4.69, 9.17) is 4.74 Å². The molecule has 0 bridgehead atoms. The standard InChI is InChI=1S/C29H30N2O2/c1-18-13-23-24(14-19(18)2)31-28(27-25(30-23)16-29(3,4)17-26(27)32)20-9-8-12-22(15-20)33-21-10-6-5-7-11-21/h5-15,28,30-31H,16-17H2,1-4H3/t28-/m0/s1. The van der Waals surface area contributed by atoms with E-state index in [9.17, 15) is 4.79 Å². The molecule has 0 spiro atoms. The molecule has 4 nitrogen and oxygen atoms in total. The Kier molecular flexibility index (Phi) is 5.24. The molecule has 2 aliphatic rings. The second-order valence-electron chi connectivity index (χ2n) is 10.0. The quantitative estimate of drug-likeness (QED) is 0.450. The summed E-state index contributed by atoms with van der Waals surface area (Å²) < 4.78 is 6.10. The minimum absolute atomic E-state index is 0.0734. The number of nitrogens with one attached hydrogen (secondary N) is 2. The minimum Gasteiger partial charge on any atom is -0.457 e. The molecule has 1 heterocycles. The zero-order valence-electron chi connectivity index (χ0n) is 19.7. The van der Waals surface area contributed by atoms with Crippen LogP contribution < -0.4 is 15.4 Å². The fourth-order valence-electron chi connectivity index (χ4n) is 4.84. The van der Waals surface area contributed by atoms with E-state index in [1.165, 1.54) is 11.1 Å². The van der Waals surface area contributed by atoms with Crippen molar-refractivity contribution in [2.45, 2.75) is 46.6 Å². The van der Waals surface area contributed by atoms with Crippen LogP contribution in [0, 0.1) is 19.3 Å². The smallest absolute Gasteiger partial charge is 0.163 e. The molecule has 0 unspecified atom stereocenters. The number of hydrogen-bond acceptors (Lipinski definition) is 4. The van der Waals surface area contributed by atoms with Crippen LogP contribution in [0.4, 0.5) is 11.4 Å². The van der Waals surface area contributed by atoms with E-state index >= 15 is 0 Å². The van der Waals surface area contributed by atoms with Crippen molar-refractivity contribution in [3.63, 3.8) is 0 Å². The summed E-state index contributed by atoms with van der Waals surface area (Å²) in [6, 6.07) is 21.9. The van der Waals surface area contributed by atoms with Crippen molar-refractivity contribution in [2.24, 2.45) is 5.41 Å². The number of ketones is 1. The lowest BCUT2D eigenvalue weighted by molar-refractivity contribution is -0.118. The fraction of sp³-hybridized carbons (Fsp3) is 0.276. The summed E-state index contributed by atoms with van der Waals surface area (Å²) in [5.41, 5.74) is 7.26. The molecule has 1 atom stereocenters. The Hall–Kier alpha value is -3.53. The summed E-state index contributed by atoms with van der Waals surface area (Å²) in [6.07, 6.45) is 1.37. The molecule has 3 aromatic carbocycles.